The van der Waals surface area contributed by atoms with E-state index in [9.17, 15) is 4.79 Å². The van der Waals surface area contributed by atoms with Crippen molar-refractivity contribution < 1.29 is 9.53 Å². The minimum atomic E-state index is -0.701. The molecule has 1 unspecified atom stereocenters. The lowest BCUT2D eigenvalue weighted by atomic mass is 10.1. The molecule has 2 aromatic rings. The van der Waals surface area contributed by atoms with Gasteiger partial charge in [-0.3, -0.25) is 9.78 Å². The minimum absolute atomic E-state index is 0.309. The molecule has 1 aromatic heterocycles. The fourth-order valence-electron chi connectivity index (χ4n) is 1.70. The average Bonchev–Trinajstić information content (AvgIpc) is 2.53. The highest BCUT2D eigenvalue weighted by atomic mass is 16.5. The van der Waals surface area contributed by atoms with Crippen LogP contribution >= 0.6 is 0 Å². The second-order valence-electron chi connectivity index (χ2n) is 4.04. The molecule has 0 aliphatic heterocycles. The Morgan fingerprint density at radius 1 is 1.25 bits per heavy atom. The van der Waals surface area contributed by atoms with Crippen molar-refractivity contribution in [3.8, 4) is 11.8 Å². The van der Waals surface area contributed by atoms with Crippen LogP contribution in [0.5, 0.6) is 5.75 Å². The minimum Gasteiger partial charge on any atom is -0.497 e. The van der Waals surface area contributed by atoms with Gasteiger partial charge >= 0.3 is 0 Å². The summed E-state index contributed by atoms with van der Waals surface area (Å²) >= 11 is 0. The molecule has 2 rings (SSSR count). The zero-order chi connectivity index (χ0) is 14.4. The maximum absolute atomic E-state index is 12.1. The third-order valence-corrected chi connectivity index (χ3v) is 2.80. The van der Waals surface area contributed by atoms with Gasteiger partial charge in [-0.1, -0.05) is 0 Å². The van der Waals surface area contributed by atoms with Gasteiger partial charge in [0.25, 0.3) is 5.91 Å². The van der Waals surface area contributed by atoms with E-state index in [1.54, 1.807) is 55.9 Å². The highest BCUT2D eigenvalue weighted by molar-refractivity contribution is 5.94. The normalized spacial score (nSPS) is 11.2. The summed E-state index contributed by atoms with van der Waals surface area (Å²) < 4.78 is 5.03. The predicted octanol–water partition coefficient (Wildman–Crippen LogP) is 2.08. The molecule has 0 bridgehead atoms. The summed E-state index contributed by atoms with van der Waals surface area (Å²) in [6.45, 7) is 0. The largest absolute Gasteiger partial charge is 0.497 e. The van der Waals surface area contributed by atoms with Crippen molar-refractivity contribution in [3.05, 3.63) is 59.9 Å². The Hall–Kier alpha value is -2.87. The zero-order valence-electron chi connectivity index (χ0n) is 10.9. The van der Waals surface area contributed by atoms with E-state index in [-0.39, 0.29) is 5.91 Å². The van der Waals surface area contributed by atoms with E-state index in [4.69, 9.17) is 10.00 Å². The number of carbonyl (C=O) groups excluding carboxylic acids is 1. The van der Waals surface area contributed by atoms with Gasteiger partial charge < -0.3 is 10.1 Å². The standard InChI is InChI=1S/C15H13N3O2/c1-20-13-4-2-12(3-5-13)15(19)18-14(10-16)11-6-8-17-9-7-11/h2-9,14H,1H3,(H,18,19). The van der Waals surface area contributed by atoms with Crippen molar-refractivity contribution in [2.24, 2.45) is 0 Å². The molecule has 1 amide bonds. The van der Waals surface area contributed by atoms with Crippen LogP contribution in [0.1, 0.15) is 22.0 Å². The van der Waals surface area contributed by atoms with Gasteiger partial charge in [-0.25, -0.2) is 0 Å². The lowest BCUT2D eigenvalue weighted by Gasteiger charge is -2.11. The van der Waals surface area contributed by atoms with Crippen LogP contribution in [0.3, 0.4) is 0 Å². The first-order valence-electron chi connectivity index (χ1n) is 5.99. The number of rotatable bonds is 4. The highest BCUT2D eigenvalue weighted by Crippen LogP contribution is 2.14. The molecule has 20 heavy (non-hydrogen) atoms. The van der Waals surface area contributed by atoms with Crippen molar-refractivity contribution >= 4 is 5.91 Å². The van der Waals surface area contributed by atoms with E-state index < -0.39 is 6.04 Å². The van der Waals surface area contributed by atoms with Crippen LogP contribution in [0.4, 0.5) is 0 Å². The number of ether oxygens (including phenoxy) is 1. The van der Waals surface area contributed by atoms with Crippen molar-refractivity contribution in [1.82, 2.24) is 10.3 Å². The Balaban J connectivity index is 2.11. The van der Waals surface area contributed by atoms with E-state index in [1.165, 1.54) is 0 Å². The van der Waals surface area contributed by atoms with Crippen LogP contribution in [0.2, 0.25) is 0 Å². The molecule has 0 saturated carbocycles. The SMILES string of the molecule is COc1ccc(C(=O)NC(C#N)c2ccncc2)cc1. The summed E-state index contributed by atoms with van der Waals surface area (Å²) in [4.78, 5) is 16.0. The van der Waals surface area contributed by atoms with E-state index in [2.05, 4.69) is 16.4 Å². The van der Waals surface area contributed by atoms with Gasteiger partial charge in [0.2, 0.25) is 0 Å². The van der Waals surface area contributed by atoms with Crippen LogP contribution in [0.15, 0.2) is 48.8 Å². The number of pyridine rings is 1. The number of carbonyl (C=O) groups is 1. The molecule has 0 spiro atoms. The van der Waals surface area contributed by atoms with Gasteiger partial charge in [-0.05, 0) is 42.0 Å². The second-order valence-corrected chi connectivity index (χ2v) is 4.04. The smallest absolute Gasteiger partial charge is 0.252 e. The van der Waals surface area contributed by atoms with Crippen LogP contribution in [0, 0.1) is 11.3 Å². The highest BCUT2D eigenvalue weighted by Gasteiger charge is 2.14. The third kappa shape index (κ3) is 3.12. The number of nitrogens with zero attached hydrogens (tertiary/aromatic N) is 2. The summed E-state index contributed by atoms with van der Waals surface area (Å²) in [5.41, 5.74) is 1.17. The summed E-state index contributed by atoms with van der Waals surface area (Å²) in [5.74, 6) is 0.364. The van der Waals surface area contributed by atoms with Crippen LogP contribution in [-0.4, -0.2) is 18.0 Å². The van der Waals surface area contributed by atoms with Crippen molar-refractivity contribution in [3.63, 3.8) is 0 Å². The lowest BCUT2D eigenvalue weighted by Crippen LogP contribution is -2.27. The molecular formula is C15H13N3O2. The zero-order valence-corrected chi connectivity index (χ0v) is 10.9. The first-order chi connectivity index (χ1) is 9.74. The van der Waals surface area contributed by atoms with Crippen LogP contribution in [0.25, 0.3) is 0 Å². The topological polar surface area (TPSA) is 75.0 Å². The van der Waals surface area contributed by atoms with Gasteiger partial charge in [0.15, 0.2) is 0 Å². The monoisotopic (exact) mass is 267 g/mol. The molecule has 0 saturated heterocycles. The number of benzene rings is 1. The number of hydrogen-bond donors (Lipinski definition) is 1. The molecule has 100 valence electrons. The number of hydrogen-bond acceptors (Lipinski definition) is 4. The van der Waals surface area contributed by atoms with Gasteiger partial charge in [0, 0.05) is 18.0 Å². The second kappa shape index (κ2) is 6.34. The first-order valence-corrected chi connectivity index (χ1v) is 5.99. The van der Waals surface area contributed by atoms with Gasteiger partial charge in [0.05, 0.1) is 13.2 Å². The van der Waals surface area contributed by atoms with Crippen LogP contribution < -0.4 is 10.1 Å². The Kier molecular flexibility index (Phi) is 4.30. The first kappa shape index (κ1) is 13.6. The van der Waals surface area contributed by atoms with Gasteiger partial charge in [-0.2, -0.15) is 5.26 Å². The molecule has 1 heterocycles. The number of nitrogens with one attached hydrogen (secondary N) is 1. The molecular weight excluding hydrogens is 254 g/mol. The van der Waals surface area contributed by atoms with Gasteiger partial charge in [-0.15, -0.1) is 0 Å². The molecule has 5 heteroatoms. The Bertz CT molecular complexity index is 618. The number of nitriles is 1. The molecule has 0 radical (unpaired) electrons. The molecule has 0 aliphatic carbocycles. The Morgan fingerprint density at radius 3 is 2.45 bits per heavy atom. The van der Waals surface area contributed by atoms with Gasteiger partial charge in [0.1, 0.15) is 11.8 Å². The Morgan fingerprint density at radius 2 is 1.90 bits per heavy atom. The molecule has 1 atom stereocenters. The van der Waals surface area contributed by atoms with Crippen molar-refractivity contribution in [1.29, 1.82) is 5.26 Å². The fraction of sp³-hybridized carbons (Fsp3) is 0.133. The van der Waals surface area contributed by atoms with E-state index in [0.717, 1.165) is 0 Å². The molecule has 1 aromatic carbocycles. The number of aromatic nitrogens is 1. The quantitative estimate of drug-likeness (QED) is 0.920. The summed E-state index contributed by atoms with van der Waals surface area (Å²) in [6, 6.07) is 11.4. The average molecular weight is 267 g/mol. The fourth-order valence-corrected chi connectivity index (χ4v) is 1.70. The lowest BCUT2D eigenvalue weighted by molar-refractivity contribution is 0.0945. The summed E-state index contributed by atoms with van der Waals surface area (Å²) in [7, 11) is 1.56. The van der Waals surface area contributed by atoms with E-state index >= 15 is 0 Å². The number of amides is 1. The van der Waals surface area contributed by atoms with Crippen molar-refractivity contribution in [2.45, 2.75) is 6.04 Å². The maximum atomic E-state index is 12.1. The van der Waals surface area contributed by atoms with E-state index in [0.29, 0.717) is 16.9 Å². The van der Waals surface area contributed by atoms with E-state index in [1.807, 2.05) is 0 Å². The van der Waals surface area contributed by atoms with Crippen LogP contribution in [-0.2, 0) is 0 Å². The van der Waals surface area contributed by atoms with Crippen molar-refractivity contribution in [2.75, 3.05) is 7.11 Å². The predicted molar refractivity (Wildman–Crippen MR) is 73.1 cm³/mol. The number of methoxy groups -OCH3 is 1. The molecule has 5 nitrogen and oxygen atoms in total. The summed E-state index contributed by atoms with van der Waals surface area (Å²) in [6.07, 6.45) is 3.17. The molecule has 1 N–H and O–H groups in total. The molecule has 0 fully saturated rings. The molecule has 0 aliphatic rings. The third-order valence-electron chi connectivity index (χ3n) is 2.80. The Labute approximate surface area is 116 Å². The summed E-state index contributed by atoms with van der Waals surface area (Å²) in [5, 5.41) is 11.8. The maximum Gasteiger partial charge on any atom is 0.252 e.